The van der Waals surface area contributed by atoms with Crippen LogP contribution >= 0.6 is 0 Å². The predicted octanol–water partition coefficient (Wildman–Crippen LogP) is 11.2. The zero-order valence-electron chi connectivity index (χ0n) is 37.8. The molecule has 0 aliphatic heterocycles. The Bertz CT molecular complexity index is 1560. The van der Waals surface area contributed by atoms with E-state index in [9.17, 15) is 19.2 Å². The van der Waals surface area contributed by atoms with Gasteiger partial charge >= 0.3 is 24.1 Å². The van der Waals surface area contributed by atoms with Gasteiger partial charge in [0, 0.05) is 11.4 Å². The molecule has 0 N–H and O–H groups in total. The summed E-state index contributed by atoms with van der Waals surface area (Å²) < 4.78 is 33.5. The molecule has 12 heteroatoms. The molecule has 59 heavy (non-hydrogen) atoms. The maximum Gasteiger partial charge on any atom is 0.434 e. The van der Waals surface area contributed by atoms with Gasteiger partial charge in [-0.3, -0.25) is 9.59 Å². The zero-order valence-corrected chi connectivity index (χ0v) is 37.8. The van der Waals surface area contributed by atoms with E-state index in [-0.39, 0.29) is 12.8 Å². The highest BCUT2D eigenvalue weighted by atomic mass is 16.6. The third-order valence-corrected chi connectivity index (χ3v) is 7.86. The van der Waals surface area contributed by atoms with Crippen molar-refractivity contribution < 1.29 is 47.6 Å². The second-order valence-electron chi connectivity index (χ2n) is 18.6. The molecule has 0 aliphatic rings. The molecule has 0 aliphatic carbocycles. The number of rotatable bonds is 20. The van der Waals surface area contributed by atoms with Crippen LogP contribution in [0.1, 0.15) is 152 Å². The Morgan fingerprint density at radius 3 is 1.07 bits per heavy atom. The van der Waals surface area contributed by atoms with Crippen LogP contribution < -0.4 is 9.47 Å². The first-order valence-electron chi connectivity index (χ1n) is 20.8. The molecular weight excluding hydrogens is 753 g/mol. The SMILES string of the molecule is CC(C)(C)OC(=O)C/C(CCCc1ccc(OCCCCCOc2ccc(CCC/C(CC(=O)OC(C)(C)C)=N/C(=O)OC(C)(C)C)cc2)cc1)=N\C(=O)OC(C)(C)C. The van der Waals surface area contributed by atoms with Crippen LogP contribution in [0.5, 0.6) is 11.5 Å². The minimum Gasteiger partial charge on any atom is -0.494 e. The molecule has 12 nitrogen and oxygen atoms in total. The van der Waals surface area contributed by atoms with Crippen LogP contribution in [-0.4, -0.2) is 71.2 Å². The van der Waals surface area contributed by atoms with E-state index in [1.165, 1.54) is 0 Å². The first kappa shape index (κ1) is 50.4. The second kappa shape index (κ2) is 23.7. The van der Waals surface area contributed by atoms with Crippen molar-refractivity contribution >= 4 is 35.5 Å². The lowest BCUT2D eigenvalue weighted by Gasteiger charge is -2.20. The van der Waals surface area contributed by atoms with E-state index in [2.05, 4.69) is 9.98 Å². The van der Waals surface area contributed by atoms with Crippen LogP contribution in [0.2, 0.25) is 0 Å². The first-order chi connectivity index (χ1) is 27.3. The number of ether oxygens (including phenoxy) is 6. The summed E-state index contributed by atoms with van der Waals surface area (Å²) in [6, 6.07) is 15.9. The summed E-state index contributed by atoms with van der Waals surface area (Å²) in [5.74, 6) is 0.751. The molecule has 0 bridgehead atoms. The van der Waals surface area contributed by atoms with Crippen LogP contribution in [0.4, 0.5) is 9.59 Å². The Hall–Kier alpha value is -4.74. The molecule has 0 aromatic heterocycles. The first-order valence-corrected chi connectivity index (χ1v) is 20.8. The molecule has 0 saturated heterocycles. The fourth-order valence-electron chi connectivity index (χ4n) is 5.54. The van der Waals surface area contributed by atoms with E-state index in [1.807, 2.05) is 48.5 Å². The number of aryl methyl sites for hydroxylation is 2. The second-order valence-corrected chi connectivity index (χ2v) is 18.6. The summed E-state index contributed by atoms with van der Waals surface area (Å²) in [4.78, 5) is 57.8. The molecule has 0 spiro atoms. The molecule has 2 aromatic rings. The summed E-state index contributed by atoms with van der Waals surface area (Å²) in [5.41, 5.74) is 0.497. The highest BCUT2D eigenvalue weighted by Crippen LogP contribution is 2.19. The number of hydrogen-bond donors (Lipinski definition) is 0. The van der Waals surface area contributed by atoms with Gasteiger partial charge in [-0.05, 0) is 176 Å². The van der Waals surface area contributed by atoms with Crippen molar-refractivity contribution in [3.05, 3.63) is 59.7 Å². The molecule has 0 fully saturated rings. The standard InChI is InChI=1S/C47H70N2O10/c1-44(2,3)56-40(50)32-36(48-42(52)58-46(7,8)9)20-16-18-34-22-26-38(27-23-34)54-30-14-13-15-31-55-39-28-24-35(25-29-39)19-17-21-37(33-41(51)57-45(4,5)6)49-43(53)59-47(10,11)12/h22-29H,13-21,30-33H2,1-12H3/b48-36-,49-37-. The van der Waals surface area contributed by atoms with E-state index in [1.54, 1.807) is 83.1 Å². The Labute approximate surface area is 352 Å². The van der Waals surface area contributed by atoms with E-state index in [0.717, 1.165) is 54.7 Å². The lowest BCUT2D eigenvalue weighted by atomic mass is 10.0. The van der Waals surface area contributed by atoms with Crippen molar-refractivity contribution in [3.8, 4) is 11.5 Å². The summed E-state index contributed by atoms with van der Waals surface area (Å²) in [6.45, 7) is 22.7. The Balaban J connectivity index is 1.72. The zero-order chi connectivity index (χ0) is 44.3. The molecule has 2 aromatic carbocycles. The highest BCUT2D eigenvalue weighted by molar-refractivity contribution is 6.03. The number of nitrogens with zero attached hydrogens (tertiary/aromatic N) is 2. The maximum atomic E-state index is 12.5. The number of hydrogen-bond acceptors (Lipinski definition) is 10. The van der Waals surface area contributed by atoms with Gasteiger partial charge in [0.15, 0.2) is 0 Å². The van der Waals surface area contributed by atoms with E-state index < -0.39 is 46.5 Å². The number of unbranched alkanes of at least 4 members (excludes halogenated alkanes) is 2. The average Bonchev–Trinajstić information content (AvgIpc) is 3.05. The molecular formula is C47H70N2O10. The summed E-state index contributed by atoms with van der Waals surface area (Å²) >= 11 is 0. The van der Waals surface area contributed by atoms with Crippen LogP contribution in [0.3, 0.4) is 0 Å². The van der Waals surface area contributed by atoms with Gasteiger partial charge in [0.25, 0.3) is 0 Å². The number of carbonyl (C=O) groups excluding carboxylic acids is 4. The Morgan fingerprint density at radius 2 is 0.763 bits per heavy atom. The fourth-order valence-corrected chi connectivity index (χ4v) is 5.54. The van der Waals surface area contributed by atoms with Crippen LogP contribution in [0.15, 0.2) is 58.5 Å². The number of benzene rings is 2. The lowest BCUT2D eigenvalue weighted by Crippen LogP contribution is -2.26. The largest absolute Gasteiger partial charge is 0.494 e. The van der Waals surface area contributed by atoms with Gasteiger partial charge in [-0.15, -0.1) is 0 Å². The fraction of sp³-hybridized carbons (Fsp3) is 0.617. The van der Waals surface area contributed by atoms with Gasteiger partial charge in [0.1, 0.15) is 33.9 Å². The van der Waals surface area contributed by atoms with Crippen LogP contribution in [0.25, 0.3) is 0 Å². The normalized spacial score (nSPS) is 12.7. The lowest BCUT2D eigenvalue weighted by molar-refractivity contribution is -0.154. The van der Waals surface area contributed by atoms with Crippen LogP contribution in [0, 0.1) is 0 Å². The van der Waals surface area contributed by atoms with Crippen molar-refractivity contribution in [1.29, 1.82) is 0 Å². The highest BCUT2D eigenvalue weighted by Gasteiger charge is 2.22. The average molecular weight is 823 g/mol. The van der Waals surface area contributed by atoms with Gasteiger partial charge in [-0.25, -0.2) is 9.59 Å². The number of carbonyl (C=O) groups is 4. The number of aliphatic imine (C=N–C) groups is 2. The molecule has 328 valence electrons. The smallest absolute Gasteiger partial charge is 0.434 e. The van der Waals surface area contributed by atoms with E-state index in [4.69, 9.17) is 28.4 Å². The van der Waals surface area contributed by atoms with Crippen molar-refractivity contribution in [3.63, 3.8) is 0 Å². The van der Waals surface area contributed by atoms with Gasteiger partial charge in [0.2, 0.25) is 0 Å². The third-order valence-electron chi connectivity index (χ3n) is 7.86. The van der Waals surface area contributed by atoms with Crippen LogP contribution in [-0.2, 0) is 41.4 Å². The minimum absolute atomic E-state index is 0.0659. The predicted molar refractivity (Wildman–Crippen MR) is 232 cm³/mol. The van der Waals surface area contributed by atoms with Crippen molar-refractivity contribution in [2.75, 3.05) is 13.2 Å². The number of esters is 2. The van der Waals surface area contributed by atoms with Crippen molar-refractivity contribution in [2.45, 2.75) is 176 Å². The van der Waals surface area contributed by atoms with E-state index in [0.29, 0.717) is 50.3 Å². The Morgan fingerprint density at radius 1 is 0.441 bits per heavy atom. The maximum absolute atomic E-state index is 12.5. The summed E-state index contributed by atoms with van der Waals surface area (Å²) in [5, 5.41) is 0. The van der Waals surface area contributed by atoms with Crippen molar-refractivity contribution in [2.24, 2.45) is 9.98 Å². The Kier molecular flexibility index (Phi) is 20.3. The molecule has 2 rings (SSSR count). The molecule has 2 amide bonds. The van der Waals surface area contributed by atoms with Gasteiger partial charge in [-0.2, -0.15) is 9.98 Å². The topological polar surface area (TPSA) is 148 Å². The molecule has 0 heterocycles. The summed E-state index contributed by atoms with van der Waals surface area (Å²) in [6.07, 6.45) is 5.02. The molecule has 0 unspecified atom stereocenters. The monoisotopic (exact) mass is 823 g/mol. The molecule has 0 saturated carbocycles. The minimum atomic E-state index is -0.708. The van der Waals surface area contributed by atoms with Gasteiger partial charge < -0.3 is 28.4 Å². The van der Waals surface area contributed by atoms with E-state index >= 15 is 0 Å². The molecule has 0 atom stereocenters. The van der Waals surface area contributed by atoms with Crippen molar-refractivity contribution in [1.82, 2.24) is 0 Å². The number of amides is 2. The summed E-state index contributed by atoms with van der Waals surface area (Å²) in [7, 11) is 0. The van der Waals surface area contributed by atoms with Gasteiger partial charge in [0.05, 0.1) is 26.1 Å². The third kappa shape index (κ3) is 26.1. The van der Waals surface area contributed by atoms with Gasteiger partial charge in [-0.1, -0.05) is 24.3 Å². The quantitative estimate of drug-likeness (QED) is 0.0547. The molecule has 0 radical (unpaired) electrons.